The van der Waals surface area contributed by atoms with Crippen LogP contribution in [-0.2, 0) is 4.79 Å². The second kappa shape index (κ2) is 3.20. The molecule has 0 amide bonds. The lowest BCUT2D eigenvalue weighted by Gasteiger charge is -2.38. The number of hydrogen-bond acceptors (Lipinski definition) is 1. The summed E-state index contributed by atoms with van der Waals surface area (Å²) in [6.45, 7) is 8.53. The van der Waals surface area contributed by atoms with E-state index in [0.29, 0.717) is 17.6 Å². The van der Waals surface area contributed by atoms with Crippen molar-refractivity contribution in [3.8, 4) is 0 Å². The predicted octanol–water partition coefficient (Wildman–Crippen LogP) is 3.04. The number of rotatable bonds is 1. The van der Waals surface area contributed by atoms with Crippen LogP contribution < -0.4 is 0 Å². The molecule has 0 saturated heterocycles. The van der Waals surface area contributed by atoms with Gasteiger partial charge in [-0.15, -0.1) is 0 Å². The van der Waals surface area contributed by atoms with E-state index in [-0.39, 0.29) is 5.41 Å². The van der Waals surface area contributed by atoms with E-state index in [1.54, 1.807) is 0 Å². The molecule has 2 unspecified atom stereocenters. The standard InChI is InChI=1S/C11H20O/c1-8(2)11(4)7-5-6-9(3)10(11)12/h8-9H,5-7H2,1-4H3. The van der Waals surface area contributed by atoms with Gasteiger partial charge >= 0.3 is 0 Å². The van der Waals surface area contributed by atoms with Gasteiger partial charge in [-0.1, -0.05) is 34.1 Å². The van der Waals surface area contributed by atoms with Gasteiger partial charge in [0.1, 0.15) is 5.78 Å². The second-order valence-electron chi connectivity index (χ2n) is 4.73. The highest BCUT2D eigenvalue weighted by atomic mass is 16.1. The van der Waals surface area contributed by atoms with Gasteiger partial charge in [0.15, 0.2) is 0 Å². The smallest absolute Gasteiger partial charge is 0.141 e. The van der Waals surface area contributed by atoms with Crippen molar-refractivity contribution in [3.05, 3.63) is 0 Å². The van der Waals surface area contributed by atoms with Gasteiger partial charge in [0.25, 0.3) is 0 Å². The first-order chi connectivity index (χ1) is 5.48. The van der Waals surface area contributed by atoms with Crippen LogP contribution in [0.2, 0.25) is 0 Å². The van der Waals surface area contributed by atoms with Crippen LogP contribution in [0.15, 0.2) is 0 Å². The van der Waals surface area contributed by atoms with Gasteiger partial charge < -0.3 is 0 Å². The third-order valence-corrected chi connectivity index (χ3v) is 3.62. The van der Waals surface area contributed by atoms with E-state index in [1.165, 1.54) is 6.42 Å². The number of Topliss-reactive ketones (excluding diaryl/α,β-unsaturated/α-hetero) is 1. The summed E-state index contributed by atoms with van der Waals surface area (Å²) in [7, 11) is 0. The Labute approximate surface area is 75.5 Å². The first-order valence-electron chi connectivity index (χ1n) is 5.03. The van der Waals surface area contributed by atoms with Crippen LogP contribution in [0.4, 0.5) is 0 Å². The maximum absolute atomic E-state index is 11.9. The van der Waals surface area contributed by atoms with E-state index in [1.807, 2.05) is 0 Å². The molecule has 0 bridgehead atoms. The first-order valence-corrected chi connectivity index (χ1v) is 5.03. The highest BCUT2D eigenvalue weighted by Crippen LogP contribution is 2.41. The number of hydrogen-bond donors (Lipinski definition) is 0. The Balaban J connectivity index is 2.81. The normalized spacial score (nSPS) is 37.4. The molecule has 0 heterocycles. The monoisotopic (exact) mass is 168 g/mol. The van der Waals surface area contributed by atoms with Crippen molar-refractivity contribution in [1.82, 2.24) is 0 Å². The molecular formula is C11H20O. The van der Waals surface area contributed by atoms with Crippen LogP contribution in [0.3, 0.4) is 0 Å². The Bertz CT molecular complexity index is 183. The maximum atomic E-state index is 11.9. The minimum Gasteiger partial charge on any atom is -0.299 e. The molecule has 0 aromatic carbocycles. The van der Waals surface area contributed by atoms with Crippen LogP contribution >= 0.6 is 0 Å². The molecule has 0 aromatic heterocycles. The van der Waals surface area contributed by atoms with Gasteiger partial charge in [0.05, 0.1) is 0 Å². The van der Waals surface area contributed by atoms with Gasteiger partial charge in [0.2, 0.25) is 0 Å². The van der Waals surface area contributed by atoms with E-state index in [4.69, 9.17) is 0 Å². The van der Waals surface area contributed by atoms with Crippen molar-refractivity contribution in [2.75, 3.05) is 0 Å². The predicted molar refractivity (Wildman–Crippen MR) is 51.0 cm³/mol. The lowest BCUT2D eigenvalue weighted by atomic mass is 9.64. The summed E-state index contributed by atoms with van der Waals surface area (Å²) in [6, 6.07) is 0. The minimum absolute atomic E-state index is 0.0301. The average Bonchev–Trinajstić information content (AvgIpc) is 2.00. The second-order valence-corrected chi connectivity index (χ2v) is 4.73. The van der Waals surface area contributed by atoms with Crippen LogP contribution in [0.25, 0.3) is 0 Å². The van der Waals surface area contributed by atoms with E-state index >= 15 is 0 Å². The van der Waals surface area contributed by atoms with Gasteiger partial charge in [-0.05, 0) is 18.8 Å². The van der Waals surface area contributed by atoms with Gasteiger partial charge in [-0.3, -0.25) is 4.79 Å². The Morgan fingerprint density at radius 1 is 1.50 bits per heavy atom. The molecule has 1 saturated carbocycles. The zero-order valence-electron chi connectivity index (χ0n) is 8.68. The van der Waals surface area contributed by atoms with Crippen LogP contribution in [0.1, 0.15) is 47.0 Å². The Morgan fingerprint density at radius 3 is 2.50 bits per heavy atom. The van der Waals surface area contributed by atoms with Gasteiger partial charge in [-0.2, -0.15) is 0 Å². The van der Waals surface area contributed by atoms with Crippen molar-refractivity contribution in [2.45, 2.75) is 47.0 Å². The molecule has 2 atom stereocenters. The summed E-state index contributed by atoms with van der Waals surface area (Å²) < 4.78 is 0. The Hall–Kier alpha value is -0.330. The quantitative estimate of drug-likeness (QED) is 0.588. The highest BCUT2D eigenvalue weighted by Gasteiger charge is 2.41. The molecule has 1 fully saturated rings. The summed E-state index contributed by atoms with van der Waals surface area (Å²) in [4.78, 5) is 11.9. The molecule has 0 aliphatic heterocycles. The highest BCUT2D eigenvalue weighted by molar-refractivity contribution is 5.87. The first kappa shape index (κ1) is 9.76. The van der Waals surface area contributed by atoms with Crippen LogP contribution in [0.5, 0.6) is 0 Å². The van der Waals surface area contributed by atoms with Gasteiger partial charge in [0, 0.05) is 11.3 Å². The Morgan fingerprint density at radius 2 is 2.08 bits per heavy atom. The van der Waals surface area contributed by atoms with E-state index in [2.05, 4.69) is 27.7 Å². The molecule has 1 nitrogen and oxygen atoms in total. The SMILES string of the molecule is CC1CCCC(C)(C(C)C)C1=O. The van der Waals surface area contributed by atoms with Gasteiger partial charge in [-0.25, -0.2) is 0 Å². The molecule has 0 spiro atoms. The third-order valence-electron chi connectivity index (χ3n) is 3.62. The van der Waals surface area contributed by atoms with Crippen molar-refractivity contribution in [3.63, 3.8) is 0 Å². The van der Waals surface area contributed by atoms with Crippen LogP contribution in [-0.4, -0.2) is 5.78 Å². The molecule has 12 heavy (non-hydrogen) atoms. The lowest BCUT2D eigenvalue weighted by Crippen LogP contribution is -2.40. The zero-order chi connectivity index (χ0) is 9.35. The number of carbonyl (C=O) groups is 1. The van der Waals surface area contributed by atoms with Crippen molar-refractivity contribution in [2.24, 2.45) is 17.3 Å². The summed E-state index contributed by atoms with van der Waals surface area (Å²) >= 11 is 0. The molecule has 0 N–H and O–H groups in total. The summed E-state index contributed by atoms with van der Waals surface area (Å²) in [5.74, 6) is 1.28. The maximum Gasteiger partial charge on any atom is 0.141 e. The number of carbonyl (C=O) groups excluding carboxylic acids is 1. The zero-order valence-corrected chi connectivity index (χ0v) is 8.68. The largest absolute Gasteiger partial charge is 0.299 e. The molecule has 0 aromatic rings. The fraction of sp³-hybridized carbons (Fsp3) is 0.909. The van der Waals surface area contributed by atoms with E-state index in [0.717, 1.165) is 12.8 Å². The van der Waals surface area contributed by atoms with Crippen molar-refractivity contribution < 1.29 is 4.79 Å². The molecule has 1 rings (SSSR count). The van der Waals surface area contributed by atoms with Crippen molar-refractivity contribution >= 4 is 5.78 Å². The Kier molecular flexibility index (Phi) is 2.60. The van der Waals surface area contributed by atoms with Crippen LogP contribution in [0, 0.1) is 17.3 Å². The summed E-state index contributed by atoms with van der Waals surface area (Å²) in [5, 5.41) is 0. The fourth-order valence-corrected chi connectivity index (χ4v) is 2.17. The van der Waals surface area contributed by atoms with Crippen molar-refractivity contribution in [1.29, 1.82) is 0 Å². The lowest BCUT2D eigenvalue weighted by molar-refractivity contribution is -0.137. The fourth-order valence-electron chi connectivity index (χ4n) is 2.17. The summed E-state index contributed by atoms with van der Waals surface area (Å²) in [6.07, 6.45) is 3.41. The molecular weight excluding hydrogens is 148 g/mol. The molecule has 0 radical (unpaired) electrons. The minimum atomic E-state index is -0.0301. The molecule has 1 heteroatoms. The summed E-state index contributed by atoms with van der Waals surface area (Å²) in [5.41, 5.74) is -0.0301. The average molecular weight is 168 g/mol. The van der Waals surface area contributed by atoms with E-state index in [9.17, 15) is 4.79 Å². The molecule has 1 aliphatic rings. The topological polar surface area (TPSA) is 17.1 Å². The number of ketones is 1. The van der Waals surface area contributed by atoms with E-state index < -0.39 is 0 Å². The third kappa shape index (κ3) is 1.41. The molecule has 70 valence electrons. The molecule has 1 aliphatic carbocycles.